The third-order valence-electron chi connectivity index (χ3n) is 1.96. The first-order valence-electron chi connectivity index (χ1n) is 4.47. The molecular weight excluding hydrogens is 228 g/mol. The molecule has 1 nitrogen and oxygen atoms in total. The molecular formula is C11H13BrO. The van der Waals surface area contributed by atoms with E-state index in [-0.39, 0.29) is 0 Å². The predicted molar refractivity (Wildman–Crippen MR) is 58.6 cm³/mol. The van der Waals surface area contributed by atoms with E-state index in [0.717, 1.165) is 23.6 Å². The average molecular weight is 241 g/mol. The van der Waals surface area contributed by atoms with Gasteiger partial charge in [-0.1, -0.05) is 40.2 Å². The molecule has 13 heavy (non-hydrogen) atoms. The van der Waals surface area contributed by atoms with Crippen molar-refractivity contribution in [1.82, 2.24) is 0 Å². The fourth-order valence-electron chi connectivity index (χ4n) is 1.19. The maximum atomic E-state index is 10.4. The molecule has 0 heterocycles. The van der Waals surface area contributed by atoms with Gasteiger partial charge in [-0.15, -0.1) is 0 Å². The number of hydrogen-bond donors (Lipinski definition) is 0. The van der Waals surface area contributed by atoms with Gasteiger partial charge in [0.1, 0.15) is 6.29 Å². The van der Waals surface area contributed by atoms with Crippen molar-refractivity contribution in [3.8, 4) is 0 Å². The van der Waals surface area contributed by atoms with Gasteiger partial charge in [-0.05, 0) is 24.8 Å². The summed E-state index contributed by atoms with van der Waals surface area (Å²) in [6.07, 6.45) is 4.38. The molecule has 0 aromatic heterocycles. The summed E-state index contributed by atoms with van der Waals surface area (Å²) >= 11 is 3.40. The van der Waals surface area contributed by atoms with E-state index in [1.165, 1.54) is 18.4 Å². The number of halogens is 1. The van der Waals surface area contributed by atoms with E-state index >= 15 is 0 Å². The molecule has 0 fully saturated rings. The lowest BCUT2D eigenvalue weighted by molar-refractivity contribution is 0.112. The molecule has 0 aliphatic carbocycles. The SMILES string of the molecule is O=Cc1ccc(CCCCBr)cc1. The quantitative estimate of drug-likeness (QED) is 0.439. The molecule has 0 aliphatic rings. The minimum absolute atomic E-state index is 0.754. The monoisotopic (exact) mass is 240 g/mol. The molecule has 0 N–H and O–H groups in total. The van der Waals surface area contributed by atoms with Crippen molar-refractivity contribution < 1.29 is 4.79 Å². The minimum Gasteiger partial charge on any atom is -0.298 e. The number of carbonyl (C=O) groups is 1. The van der Waals surface area contributed by atoms with Gasteiger partial charge in [0.25, 0.3) is 0 Å². The Balaban J connectivity index is 2.44. The molecule has 1 rings (SSSR count). The second-order valence-electron chi connectivity index (χ2n) is 3.01. The molecule has 0 saturated heterocycles. The lowest BCUT2D eigenvalue weighted by atomic mass is 10.1. The number of rotatable bonds is 5. The van der Waals surface area contributed by atoms with Crippen molar-refractivity contribution in [2.24, 2.45) is 0 Å². The standard InChI is InChI=1S/C11H13BrO/c12-8-2-1-3-10-4-6-11(9-13)7-5-10/h4-7,9H,1-3,8H2. The van der Waals surface area contributed by atoms with Crippen LogP contribution in [0.5, 0.6) is 0 Å². The summed E-state index contributed by atoms with van der Waals surface area (Å²) in [6.45, 7) is 0. The molecule has 1 aromatic carbocycles. The van der Waals surface area contributed by atoms with Crippen molar-refractivity contribution in [3.63, 3.8) is 0 Å². The van der Waals surface area contributed by atoms with Crippen LogP contribution >= 0.6 is 15.9 Å². The van der Waals surface area contributed by atoms with Crippen LogP contribution in [0, 0.1) is 0 Å². The Hall–Kier alpha value is -0.630. The molecule has 0 radical (unpaired) electrons. The number of alkyl halides is 1. The molecule has 0 atom stereocenters. The Kier molecular flexibility index (Phi) is 4.76. The first-order chi connectivity index (χ1) is 6.36. The van der Waals surface area contributed by atoms with E-state index in [9.17, 15) is 4.79 Å². The van der Waals surface area contributed by atoms with Gasteiger partial charge < -0.3 is 0 Å². The molecule has 0 unspecified atom stereocenters. The van der Waals surface area contributed by atoms with Crippen molar-refractivity contribution in [1.29, 1.82) is 0 Å². The van der Waals surface area contributed by atoms with Gasteiger partial charge in [0.2, 0.25) is 0 Å². The Morgan fingerprint density at radius 1 is 1.15 bits per heavy atom. The van der Waals surface area contributed by atoms with E-state index in [1.807, 2.05) is 24.3 Å². The number of aryl methyl sites for hydroxylation is 1. The number of unbranched alkanes of at least 4 members (excludes halogenated alkanes) is 1. The van der Waals surface area contributed by atoms with Crippen LogP contribution in [0.3, 0.4) is 0 Å². The lowest BCUT2D eigenvalue weighted by Crippen LogP contribution is -1.87. The van der Waals surface area contributed by atoms with Crippen molar-refractivity contribution in [3.05, 3.63) is 35.4 Å². The third-order valence-corrected chi connectivity index (χ3v) is 2.53. The molecule has 2 heteroatoms. The van der Waals surface area contributed by atoms with Crippen LogP contribution < -0.4 is 0 Å². The molecule has 0 amide bonds. The molecule has 0 aliphatic heterocycles. The van der Waals surface area contributed by atoms with Crippen LogP contribution in [-0.2, 0) is 6.42 Å². The summed E-state index contributed by atoms with van der Waals surface area (Å²) in [6, 6.07) is 7.79. The van der Waals surface area contributed by atoms with Crippen LogP contribution in [0.15, 0.2) is 24.3 Å². The van der Waals surface area contributed by atoms with Gasteiger partial charge in [-0.2, -0.15) is 0 Å². The molecule has 0 saturated carbocycles. The van der Waals surface area contributed by atoms with Crippen LogP contribution in [0.2, 0.25) is 0 Å². The van der Waals surface area contributed by atoms with Crippen molar-refractivity contribution >= 4 is 22.2 Å². The van der Waals surface area contributed by atoms with E-state index in [0.29, 0.717) is 0 Å². The van der Waals surface area contributed by atoms with E-state index in [1.54, 1.807) is 0 Å². The van der Waals surface area contributed by atoms with E-state index in [4.69, 9.17) is 0 Å². The third kappa shape index (κ3) is 3.73. The Morgan fingerprint density at radius 3 is 2.38 bits per heavy atom. The molecule has 0 bridgehead atoms. The highest BCUT2D eigenvalue weighted by Gasteiger charge is 1.93. The maximum absolute atomic E-state index is 10.4. The summed E-state index contributed by atoms with van der Waals surface area (Å²) < 4.78 is 0. The van der Waals surface area contributed by atoms with Crippen molar-refractivity contribution in [2.75, 3.05) is 5.33 Å². The summed E-state index contributed by atoms with van der Waals surface area (Å²) in [4.78, 5) is 10.4. The van der Waals surface area contributed by atoms with Crippen molar-refractivity contribution in [2.45, 2.75) is 19.3 Å². The van der Waals surface area contributed by atoms with Crippen LogP contribution in [0.1, 0.15) is 28.8 Å². The van der Waals surface area contributed by atoms with Gasteiger partial charge >= 0.3 is 0 Å². The Bertz CT molecular complexity index is 253. The van der Waals surface area contributed by atoms with Gasteiger partial charge in [0.05, 0.1) is 0 Å². The average Bonchev–Trinajstić information content (AvgIpc) is 2.19. The number of hydrogen-bond acceptors (Lipinski definition) is 1. The zero-order valence-corrected chi connectivity index (χ0v) is 9.09. The lowest BCUT2D eigenvalue weighted by Gasteiger charge is -1.99. The second-order valence-corrected chi connectivity index (χ2v) is 3.80. The second kappa shape index (κ2) is 5.92. The maximum Gasteiger partial charge on any atom is 0.150 e. The highest BCUT2D eigenvalue weighted by molar-refractivity contribution is 9.09. The van der Waals surface area contributed by atoms with E-state index in [2.05, 4.69) is 15.9 Å². The highest BCUT2D eigenvalue weighted by atomic mass is 79.9. The largest absolute Gasteiger partial charge is 0.298 e. The summed E-state index contributed by atoms with van der Waals surface area (Å²) in [5.41, 5.74) is 2.07. The van der Waals surface area contributed by atoms with Gasteiger partial charge in [0.15, 0.2) is 0 Å². The van der Waals surface area contributed by atoms with E-state index < -0.39 is 0 Å². The fraction of sp³-hybridized carbons (Fsp3) is 0.364. The van der Waals surface area contributed by atoms with Gasteiger partial charge in [-0.3, -0.25) is 4.79 Å². The van der Waals surface area contributed by atoms with Crippen LogP contribution in [0.25, 0.3) is 0 Å². The molecule has 1 aromatic rings. The normalized spacial score (nSPS) is 9.92. The van der Waals surface area contributed by atoms with Crippen LogP contribution in [-0.4, -0.2) is 11.6 Å². The summed E-state index contributed by atoms with van der Waals surface area (Å²) in [5.74, 6) is 0. The highest BCUT2D eigenvalue weighted by Crippen LogP contribution is 2.07. The smallest absolute Gasteiger partial charge is 0.150 e. The molecule has 0 spiro atoms. The summed E-state index contributed by atoms with van der Waals surface area (Å²) in [7, 11) is 0. The minimum atomic E-state index is 0.754. The van der Waals surface area contributed by atoms with Gasteiger partial charge in [0, 0.05) is 10.9 Å². The topological polar surface area (TPSA) is 17.1 Å². The number of aldehydes is 1. The van der Waals surface area contributed by atoms with Gasteiger partial charge in [-0.25, -0.2) is 0 Å². The number of benzene rings is 1. The zero-order valence-electron chi connectivity index (χ0n) is 7.50. The van der Waals surface area contributed by atoms with Crippen LogP contribution in [0.4, 0.5) is 0 Å². The molecule has 70 valence electrons. The predicted octanol–water partition coefficient (Wildman–Crippen LogP) is 3.22. The Labute approximate surface area is 87.3 Å². The fourth-order valence-corrected chi connectivity index (χ4v) is 1.58. The number of carbonyl (C=O) groups excluding carboxylic acids is 1. The Morgan fingerprint density at radius 2 is 1.85 bits per heavy atom. The first-order valence-corrected chi connectivity index (χ1v) is 5.59. The first kappa shape index (κ1) is 10.5. The zero-order chi connectivity index (χ0) is 9.52. The summed E-state index contributed by atoms with van der Waals surface area (Å²) in [5, 5.41) is 1.07.